The predicted octanol–water partition coefficient (Wildman–Crippen LogP) is 0.00650. The van der Waals surface area contributed by atoms with E-state index in [0.29, 0.717) is 5.70 Å². The van der Waals surface area contributed by atoms with Gasteiger partial charge in [0.2, 0.25) is 10.0 Å². The number of nitrogens with one attached hydrogen (secondary N) is 2. The van der Waals surface area contributed by atoms with Crippen LogP contribution in [0.1, 0.15) is 20.8 Å². The van der Waals surface area contributed by atoms with Crippen LogP contribution >= 0.6 is 0 Å². The van der Waals surface area contributed by atoms with E-state index in [9.17, 15) is 13.2 Å². The van der Waals surface area contributed by atoms with E-state index in [2.05, 4.69) is 10.0 Å². The molecule has 0 saturated carbocycles. The standard InChI is InChI=1S/C9H18N2O3S/c1-7(2)11-15(13,14)6-9(12)5-8(3)10-4/h5,7,10-11H,6H2,1-4H3. The summed E-state index contributed by atoms with van der Waals surface area (Å²) in [5.74, 6) is -0.945. The fourth-order valence-electron chi connectivity index (χ4n) is 0.943. The third-order valence-corrected chi connectivity index (χ3v) is 3.01. The highest BCUT2D eigenvalue weighted by atomic mass is 32.2. The summed E-state index contributed by atoms with van der Waals surface area (Å²) in [6.07, 6.45) is 1.28. The molecule has 2 N–H and O–H groups in total. The predicted molar refractivity (Wildman–Crippen MR) is 59.9 cm³/mol. The molecule has 88 valence electrons. The van der Waals surface area contributed by atoms with Crippen molar-refractivity contribution in [1.29, 1.82) is 0 Å². The second-order valence-electron chi connectivity index (χ2n) is 3.58. The summed E-state index contributed by atoms with van der Waals surface area (Å²) in [5.41, 5.74) is 0.639. The third-order valence-electron chi connectivity index (χ3n) is 1.52. The van der Waals surface area contributed by atoms with Crippen LogP contribution in [0.3, 0.4) is 0 Å². The van der Waals surface area contributed by atoms with E-state index in [0.717, 1.165) is 0 Å². The molecule has 0 spiro atoms. The Morgan fingerprint density at radius 2 is 1.93 bits per heavy atom. The molecule has 0 unspecified atom stereocenters. The third kappa shape index (κ3) is 7.10. The maximum absolute atomic E-state index is 11.3. The average molecular weight is 234 g/mol. The molecule has 0 aromatic heterocycles. The van der Waals surface area contributed by atoms with E-state index in [1.807, 2.05) is 0 Å². The lowest BCUT2D eigenvalue weighted by Gasteiger charge is -2.07. The minimum atomic E-state index is -3.51. The molecule has 0 aliphatic rings. The summed E-state index contributed by atoms with van der Waals surface area (Å²) < 4.78 is 25.0. The molecule has 0 rings (SSSR count). The summed E-state index contributed by atoms with van der Waals surface area (Å²) in [7, 11) is -1.84. The Bertz CT molecular complexity index is 344. The number of hydrogen-bond donors (Lipinski definition) is 2. The van der Waals surface area contributed by atoms with Gasteiger partial charge in [0.25, 0.3) is 0 Å². The smallest absolute Gasteiger partial charge is 0.219 e. The van der Waals surface area contributed by atoms with Crippen LogP contribution in [0.25, 0.3) is 0 Å². The molecule has 0 heterocycles. The summed E-state index contributed by atoms with van der Waals surface area (Å²) >= 11 is 0. The number of sulfonamides is 1. The number of ketones is 1. The van der Waals surface area contributed by atoms with Gasteiger partial charge in [0.05, 0.1) is 0 Å². The van der Waals surface area contributed by atoms with Gasteiger partial charge >= 0.3 is 0 Å². The van der Waals surface area contributed by atoms with E-state index < -0.39 is 21.6 Å². The Labute approximate surface area is 91.0 Å². The number of carbonyl (C=O) groups excluding carboxylic acids is 1. The first kappa shape index (κ1) is 14.1. The molecule has 15 heavy (non-hydrogen) atoms. The van der Waals surface area contributed by atoms with Crippen LogP contribution < -0.4 is 10.0 Å². The van der Waals surface area contributed by atoms with Crippen molar-refractivity contribution >= 4 is 15.8 Å². The van der Waals surface area contributed by atoms with E-state index in [4.69, 9.17) is 0 Å². The van der Waals surface area contributed by atoms with Gasteiger partial charge in [-0.2, -0.15) is 0 Å². The Morgan fingerprint density at radius 1 is 1.40 bits per heavy atom. The van der Waals surface area contributed by atoms with Crippen molar-refractivity contribution in [3.05, 3.63) is 11.8 Å². The molecule has 0 saturated heterocycles. The lowest BCUT2D eigenvalue weighted by molar-refractivity contribution is -0.112. The van der Waals surface area contributed by atoms with Gasteiger partial charge in [0.15, 0.2) is 5.78 Å². The molecular formula is C9H18N2O3S. The van der Waals surface area contributed by atoms with Crippen molar-refractivity contribution in [3.63, 3.8) is 0 Å². The minimum absolute atomic E-state index is 0.197. The first-order chi connectivity index (χ1) is 6.76. The maximum Gasteiger partial charge on any atom is 0.219 e. The van der Waals surface area contributed by atoms with Crippen LogP contribution in [-0.4, -0.2) is 33.0 Å². The molecule has 0 atom stereocenters. The van der Waals surface area contributed by atoms with Crippen LogP contribution in [0.15, 0.2) is 11.8 Å². The first-order valence-corrected chi connectivity index (χ1v) is 6.31. The van der Waals surface area contributed by atoms with Gasteiger partial charge in [-0.15, -0.1) is 0 Å². The van der Waals surface area contributed by atoms with Crippen LogP contribution in [0.5, 0.6) is 0 Å². The Morgan fingerprint density at radius 3 is 2.33 bits per heavy atom. The Kier molecular flexibility index (Phi) is 5.53. The fourth-order valence-corrected chi connectivity index (χ4v) is 2.20. The van der Waals surface area contributed by atoms with Crippen LogP contribution in [0.4, 0.5) is 0 Å². The summed E-state index contributed by atoms with van der Waals surface area (Å²) in [6.45, 7) is 5.10. The minimum Gasteiger partial charge on any atom is -0.392 e. The maximum atomic E-state index is 11.3. The Hall–Kier alpha value is -0.880. The van der Waals surface area contributed by atoms with Crippen LogP contribution in [0.2, 0.25) is 0 Å². The number of carbonyl (C=O) groups is 1. The monoisotopic (exact) mass is 234 g/mol. The van der Waals surface area contributed by atoms with Gasteiger partial charge in [-0.25, -0.2) is 13.1 Å². The Balaban J connectivity index is 4.42. The van der Waals surface area contributed by atoms with E-state index in [1.54, 1.807) is 27.8 Å². The van der Waals surface area contributed by atoms with Crippen molar-refractivity contribution in [2.24, 2.45) is 0 Å². The summed E-state index contributed by atoms with van der Waals surface area (Å²) in [5, 5.41) is 2.75. The molecule has 5 nitrogen and oxygen atoms in total. The normalized spacial score (nSPS) is 13.0. The van der Waals surface area contributed by atoms with Gasteiger partial charge in [0, 0.05) is 24.9 Å². The summed E-state index contributed by atoms with van der Waals surface area (Å²) in [4.78, 5) is 11.3. The van der Waals surface area contributed by atoms with Gasteiger partial charge in [-0.05, 0) is 20.8 Å². The summed E-state index contributed by atoms with van der Waals surface area (Å²) in [6, 6.07) is -0.197. The quantitative estimate of drug-likeness (QED) is 0.635. The van der Waals surface area contributed by atoms with Gasteiger partial charge < -0.3 is 5.32 Å². The fraction of sp³-hybridized carbons (Fsp3) is 0.667. The molecule has 0 aromatic rings. The highest BCUT2D eigenvalue weighted by Gasteiger charge is 2.15. The van der Waals surface area contributed by atoms with Crippen molar-refractivity contribution in [3.8, 4) is 0 Å². The molecule has 0 aromatic carbocycles. The number of hydrogen-bond acceptors (Lipinski definition) is 4. The zero-order valence-electron chi connectivity index (χ0n) is 9.49. The lowest BCUT2D eigenvalue weighted by atomic mass is 10.3. The zero-order valence-corrected chi connectivity index (χ0v) is 10.3. The molecule has 6 heteroatoms. The first-order valence-electron chi connectivity index (χ1n) is 4.65. The number of rotatable bonds is 6. The largest absolute Gasteiger partial charge is 0.392 e. The van der Waals surface area contributed by atoms with Crippen molar-refractivity contribution in [2.75, 3.05) is 12.8 Å². The van der Waals surface area contributed by atoms with Crippen molar-refractivity contribution in [2.45, 2.75) is 26.8 Å². The molecule has 0 radical (unpaired) electrons. The van der Waals surface area contributed by atoms with E-state index >= 15 is 0 Å². The van der Waals surface area contributed by atoms with Gasteiger partial charge in [-0.3, -0.25) is 4.79 Å². The molecule has 0 fully saturated rings. The lowest BCUT2D eigenvalue weighted by Crippen LogP contribution is -2.34. The molecule has 0 aliphatic heterocycles. The second kappa shape index (κ2) is 5.87. The van der Waals surface area contributed by atoms with Crippen LogP contribution in [0, 0.1) is 0 Å². The van der Waals surface area contributed by atoms with E-state index in [-0.39, 0.29) is 6.04 Å². The highest BCUT2D eigenvalue weighted by Crippen LogP contribution is 1.93. The molecule has 0 aliphatic carbocycles. The average Bonchev–Trinajstić information content (AvgIpc) is 1.99. The molecular weight excluding hydrogens is 216 g/mol. The van der Waals surface area contributed by atoms with Crippen molar-refractivity contribution < 1.29 is 13.2 Å². The van der Waals surface area contributed by atoms with Crippen LogP contribution in [-0.2, 0) is 14.8 Å². The zero-order chi connectivity index (χ0) is 12.1. The van der Waals surface area contributed by atoms with Gasteiger partial charge in [-0.1, -0.05) is 0 Å². The molecule has 0 bridgehead atoms. The van der Waals surface area contributed by atoms with Gasteiger partial charge in [0.1, 0.15) is 5.75 Å². The highest BCUT2D eigenvalue weighted by molar-refractivity contribution is 7.90. The topological polar surface area (TPSA) is 75.3 Å². The molecule has 0 amide bonds. The second-order valence-corrected chi connectivity index (χ2v) is 5.33. The van der Waals surface area contributed by atoms with Crippen molar-refractivity contribution in [1.82, 2.24) is 10.0 Å². The SMILES string of the molecule is CNC(C)=CC(=O)CS(=O)(=O)NC(C)C. The van der Waals surface area contributed by atoms with E-state index in [1.165, 1.54) is 6.08 Å². The number of allylic oxidation sites excluding steroid dienone is 2.